The fourth-order valence-corrected chi connectivity index (χ4v) is 2.72. The van der Waals surface area contributed by atoms with E-state index in [9.17, 15) is 5.26 Å². The second-order valence-electron chi connectivity index (χ2n) is 5.69. The normalized spacial score (nSPS) is 10.5. The van der Waals surface area contributed by atoms with Crippen LogP contribution in [0.5, 0.6) is 11.5 Å². The van der Waals surface area contributed by atoms with Gasteiger partial charge in [-0.2, -0.15) is 5.26 Å². The summed E-state index contributed by atoms with van der Waals surface area (Å²) in [5, 5.41) is 13.6. The molecule has 0 aliphatic heterocycles. The molecular weight excluding hydrogens is 350 g/mol. The lowest BCUT2D eigenvalue weighted by Gasteiger charge is -2.15. The summed E-state index contributed by atoms with van der Waals surface area (Å²) >= 11 is 1.43. The van der Waals surface area contributed by atoms with Gasteiger partial charge in [0.25, 0.3) is 0 Å². The third-order valence-corrected chi connectivity index (χ3v) is 4.24. The van der Waals surface area contributed by atoms with Crippen LogP contribution in [-0.2, 0) is 0 Å². The molecule has 0 spiro atoms. The summed E-state index contributed by atoms with van der Waals surface area (Å²) in [6, 6.07) is 7.71. The van der Waals surface area contributed by atoms with Gasteiger partial charge in [-0.1, -0.05) is 11.8 Å². The molecular formula is C18H23N5O2S. The van der Waals surface area contributed by atoms with Gasteiger partial charge in [0, 0.05) is 18.7 Å². The van der Waals surface area contributed by atoms with Crippen LogP contribution in [0.4, 0.5) is 5.82 Å². The van der Waals surface area contributed by atoms with E-state index in [0.717, 1.165) is 12.1 Å². The van der Waals surface area contributed by atoms with Crippen molar-refractivity contribution >= 4 is 17.6 Å². The molecule has 0 atom stereocenters. The average Bonchev–Trinajstić information content (AvgIpc) is 2.66. The van der Waals surface area contributed by atoms with Crippen LogP contribution in [0.2, 0.25) is 0 Å². The quantitative estimate of drug-likeness (QED) is 0.559. The van der Waals surface area contributed by atoms with E-state index in [4.69, 9.17) is 9.47 Å². The number of likely N-dealkylation sites (N-methyl/N-ethyl adjacent to an activating group) is 1. The Hall–Kier alpha value is -2.50. The first-order valence-electron chi connectivity index (χ1n) is 8.01. The molecule has 0 aliphatic rings. The van der Waals surface area contributed by atoms with Crippen LogP contribution in [0.15, 0.2) is 23.4 Å². The molecule has 0 unspecified atom stereocenters. The molecule has 0 amide bonds. The lowest BCUT2D eigenvalue weighted by molar-refractivity contribution is 0.355. The van der Waals surface area contributed by atoms with Gasteiger partial charge in [0.1, 0.15) is 17.5 Å². The number of nitriles is 1. The average molecular weight is 373 g/mol. The molecule has 1 heterocycles. The standard InChI is InChI=1S/C18H23N5O2S/c1-23(2)9-8-20-17-13(11-19)16(21-18(22-17)26-5)12-6-7-14(24-3)15(10-12)25-4/h6-7,10H,8-9H2,1-5H3,(H,20,21,22). The molecule has 1 aromatic heterocycles. The molecule has 2 rings (SSSR count). The smallest absolute Gasteiger partial charge is 0.189 e. The van der Waals surface area contributed by atoms with E-state index in [1.165, 1.54) is 11.8 Å². The maximum absolute atomic E-state index is 9.72. The fraction of sp³-hybridized carbons (Fsp3) is 0.389. The molecule has 0 fully saturated rings. The van der Waals surface area contributed by atoms with Crippen LogP contribution < -0.4 is 14.8 Å². The lowest BCUT2D eigenvalue weighted by atomic mass is 10.1. The number of ether oxygens (including phenoxy) is 2. The summed E-state index contributed by atoms with van der Waals surface area (Å²) in [6.45, 7) is 1.51. The van der Waals surface area contributed by atoms with E-state index in [1.54, 1.807) is 20.3 Å². The number of benzene rings is 1. The largest absolute Gasteiger partial charge is 0.493 e. The Morgan fingerprint density at radius 3 is 2.50 bits per heavy atom. The highest BCUT2D eigenvalue weighted by atomic mass is 32.2. The van der Waals surface area contributed by atoms with Crippen LogP contribution in [0.3, 0.4) is 0 Å². The number of nitrogens with one attached hydrogen (secondary N) is 1. The van der Waals surface area contributed by atoms with E-state index in [0.29, 0.717) is 40.3 Å². The minimum atomic E-state index is 0.411. The summed E-state index contributed by atoms with van der Waals surface area (Å²) in [4.78, 5) is 11.1. The zero-order valence-corrected chi connectivity index (χ0v) is 16.5. The van der Waals surface area contributed by atoms with Gasteiger partial charge in [-0.25, -0.2) is 9.97 Å². The van der Waals surface area contributed by atoms with E-state index < -0.39 is 0 Å². The Labute approximate surface area is 158 Å². The first-order chi connectivity index (χ1) is 12.5. The molecule has 7 nitrogen and oxygen atoms in total. The minimum absolute atomic E-state index is 0.411. The highest BCUT2D eigenvalue weighted by molar-refractivity contribution is 7.98. The van der Waals surface area contributed by atoms with Crippen LogP contribution in [0.1, 0.15) is 5.56 Å². The number of hydrogen-bond donors (Lipinski definition) is 1. The van der Waals surface area contributed by atoms with Crippen LogP contribution in [0.25, 0.3) is 11.3 Å². The number of thioether (sulfide) groups is 1. The van der Waals surface area contributed by atoms with Crippen molar-refractivity contribution in [1.82, 2.24) is 14.9 Å². The molecule has 26 heavy (non-hydrogen) atoms. The molecule has 0 aliphatic carbocycles. The number of anilines is 1. The number of aromatic nitrogens is 2. The SMILES string of the molecule is COc1ccc(-c2nc(SC)nc(NCCN(C)C)c2C#N)cc1OC. The van der Waals surface area contributed by atoms with E-state index in [2.05, 4.69) is 26.3 Å². The highest BCUT2D eigenvalue weighted by Gasteiger charge is 2.17. The van der Waals surface area contributed by atoms with Gasteiger partial charge in [0.15, 0.2) is 16.7 Å². The zero-order chi connectivity index (χ0) is 19.1. The van der Waals surface area contributed by atoms with Crippen molar-refractivity contribution in [3.63, 3.8) is 0 Å². The number of nitrogens with zero attached hydrogens (tertiary/aromatic N) is 4. The Morgan fingerprint density at radius 2 is 1.92 bits per heavy atom. The second-order valence-corrected chi connectivity index (χ2v) is 6.47. The molecule has 0 radical (unpaired) electrons. The topological polar surface area (TPSA) is 83.3 Å². The van der Waals surface area contributed by atoms with Gasteiger partial charge >= 0.3 is 0 Å². The van der Waals surface area contributed by atoms with Crippen molar-refractivity contribution in [3.05, 3.63) is 23.8 Å². The monoisotopic (exact) mass is 373 g/mol. The Kier molecular flexibility index (Phi) is 7.06. The van der Waals surface area contributed by atoms with E-state index in [1.807, 2.05) is 32.5 Å². The van der Waals surface area contributed by atoms with E-state index >= 15 is 0 Å². The predicted molar refractivity (Wildman–Crippen MR) is 104 cm³/mol. The van der Waals surface area contributed by atoms with Crippen molar-refractivity contribution in [2.24, 2.45) is 0 Å². The van der Waals surface area contributed by atoms with E-state index in [-0.39, 0.29) is 0 Å². The predicted octanol–water partition coefficient (Wildman–Crippen LogP) is 2.73. The van der Waals surface area contributed by atoms with Gasteiger partial charge in [0.2, 0.25) is 0 Å². The number of rotatable bonds is 8. The summed E-state index contributed by atoms with van der Waals surface area (Å²) < 4.78 is 10.7. The van der Waals surface area contributed by atoms with Gasteiger partial charge < -0.3 is 19.7 Å². The Bertz CT molecular complexity index is 805. The maximum atomic E-state index is 9.72. The van der Waals surface area contributed by atoms with Gasteiger partial charge in [-0.05, 0) is 38.6 Å². The lowest BCUT2D eigenvalue weighted by Crippen LogP contribution is -2.21. The molecule has 0 saturated heterocycles. The maximum Gasteiger partial charge on any atom is 0.189 e. The van der Waals surface area contributed by atoms with Crippen LogP contribution in [0, 0.1) is 11.3 Å². The molecule has 8 heteroatoms. The number of hydrogen-bond acceptors (Lipinski definition) is 8. The van der Waals surface area contributed by atoms with Crippen LogP contribution >= 0.6 is 11.8 Å². The van der Waals surface area contributed by atoms with Gasteiger partial charge in [0.05, 0.1) is 19.9 Å². The molecule has 138 valence electrons. The Balaban J connectivity index is 2.52. The third kappa shape index (κ3) is 4.56. The minimum Gasteiger partial charge on any atom is -0.493 e. The van der Waals surface area contributed by atoms with Crippen molar-refractivity contribution < 1.29 is 9.47 Å². The van der Waals surface area contributed by atoms with Gasteiger partial charge in [-0.15, -0.1) is 0 Å². The highest BCUT2D eigenvalue weighted by Crippen LogP contribution is 2.34. The Morgan fingerprint density at radius 1 is 1.19 bits per heavy atom. The molecule has 0 bridgehead atoms. The van der Waals surface area contributed by atoms with Crippen molar-refractivity contribution in [2.45, 2.75) is 5.16 Å². The van der Waals surface area contributed by atoms with Crippen molar-refractivity contribution in [2.75, 3.05) is 53.0 Å². The van der Waals surface area contributed by atoms with Crippen LogP contribution in [-0.4, -0.2) is 62.5 Å². The summed E-state index contributed by atoms with van der Waals surface area (Å²) in [7, 11) is 7.15. The van der Waals surface area contributed by atoms with Gasteiger partial charge in [-0.3, -0.25) is 0 Å². The van der Waals surface area contributed by atoms with Crippen molar-refractivity contribution in [1.29, 1.82) is 5.26 Å². The first-order valence-corrected chi connectivity index (χ1v) is 9.23. The second kappa shape index (κ2) is 9.27. The zero-order valence-electron chi connectivity index (χ0n) is 15.7. The summed E-state index contributed by atoms with van der Waals surface area (Å²) in [5.74, 6) is 1.75. The summed E-state index contributed by atoms with van der Waals surface area (Å²) in [6.07, 6.45) is 1.91. The third-order valence-electron chi connectivity index (χ3n) is 3.69. The summed E-state index contributed by atoms with van der Waals surface area (Å²) in [5.41, 5.74) is 1.75. The molecule has 1 aromatic carbocycles. The fourth-order valence-electron chi connectivity index (χ4n) is 2.36. The molecule has 0 saturated carbocycles. The molecule has 2 aromatic rings. The first kappa shape index (κ1) is 19.8. The van der Waals surface area contributed by atoms with Crippen molar-refractivity contribution in [3.8, 4) is 28.8 Å². The molecule has 1 N–H and O–H groups in total. The number of methoxy groups -OCH3 is 2.